The monoisotopic (exact) mass is 338 g/mol. The van der Waals surface area contributed by atoms with Gasteiger partial charge in [-0.2, -0.15) is 0 Å². The van der Waals surface area contributed by atoms with Crippen LogP contribution in [-0.4, -0.2) is 39.1 Å². The van der Waals surface area contributed by atoms with Crippen LogP contribution in [0.4, 0.5) is 0 Å². The molecule has 4 nitrogen and oxygen atoms in total. The molecule has 1 unspecified atom stereocenters. The molecule has 5 aliphatic carbocycles. The van der Waals surface area contributed by atoms with E-state index >= 15 is 0 Å². The van der Waals surface area contributed by atoms with Crippen LogP contribution in [0.5, 0.6) is 0 Å². The van der Waals surface area contributed by atoms with E-state index in [-0.39, 0.29) is 5.92 Å². The average molecular weight is 338 g/mol. The molecule has 4 heteroatoms. The first-order valence-electron chi connectivity index (χ1n) is 10.0. The molecule has 7 rings (SSSR count). The summed E-state index contributed by atoms with van der Waals surface area (Å²) in [5.41, 5.74) is 2.26. The van der Waals surface area contributed by atoms with Gasteiger partial charge in [0.15, 0.2) is 0 Å². The Morgan fingerprint density at radius 1 is 1.08 bits per heavy atom. The molecule has 2 heterocycles. The third-order valence-corrected chi connectivity index (χ3v) is 8.08. The van der Waals surface area contributed by atoms with Crippen molar-refractivity contribution in [2.45, 2.75) is 56.6 Å². The van der Waals surface area contributed by atoms with Crippen LogP contribution in [0.3, 0.4) is 0 Å². The average Bonchev–Trinajstić information content (AvgIpc) is 2.87. The summed E-state index contributed by atoms with van der Waals surface area (Å²) in [4.78, 5) is 19.8. The fourth-order valence-corrected chi connectivity index (χ4v) is 7.44. The molecule has 1 N–H and O–H groups in total. The molecule has 4 bridgehead atoms. The van der Waals surface area contributed by atoms with Gasteiger partial charge < -0.3 is 10.0 Å². The lowest BCUT2D eigenvalue weighted by atomic mass is 9.52. The van der Waals surface area contributed by atoms with Crippen LogP contribution >= 0.6 is 0 Å². The Morgan fingerprint density at radius 2 is 1.88 bits per heavy atom. The number of carbonyl (C=O) groups excluding carboxylic acids is 1. The van der Waals surface area contributed by atoms with Crippen LogP contribution in [0.1, 0.15) is 43.2 Å². The predicted molar refractivity (Wildman–Crippen MR) is 92.6 cm³/mol. The minimum Gasteiger partial charge on any atom is -0.390 e. The first-order chi connectivity index (χ1) is 12.1. The summed E-state index contributed by atoms with van der Waals surface area (Å²) in [6.07, 6.45) is 11.1. The van der Waals surface area contributed by atoms with Gasteiger partial charge in [-0.15, -0.1) is 0 Å². The van der Waals surface area contributed by atoms with Gasteiger partial charge in [0.2, 0.25) is 5.91 Å². The zero-order chi connectivity index (χ0) is 16.8. The second-order valence-electron chi connectivity index (χ2n) is 9.59. The number of fused-ring (bicyclic) bond motifs is 2. The molecule has 5 fully saturated rings. The molecule has 1 aromatic heterocycles. The van der Waals surface area contributed by atoms with Gasteiger partial charge in [-0.25, -0.2) is 0 Å². The highest BCUT2D eigenvalue weighted by Crippen LogP contribution is 2.58. The molecule has 4 saturated carbocycles. The molecule has 132 valence electrons. The second-order valence-corrected chi connectivity index (χ2v) is 9.59. The minimum absolute atomic E-state index is 0.164. The standard InChI is InChI=1S/C21H26N2O2/c24-20-18-6-16-10-22-2-1-13(16)5-17(18)11-23(20)19-14-3-12-4-15(19)9-21(25,7-12)8-14/h1-2,10,12,14-15,17-19,25H,3-9,11H2/t12?,14-,15+,17-,18-,19+,21+/m0/s1. The Morgan fingerprint density at radius 3 is 2.64 bits per heavy atom. The van der Waals surface area contributed by atoms with Gasteiger partial charge >= 0.3 is 0 Å². The molecule has 6 aliphatic rings. The van der Waals surface area contributed by atoms with Crippen molar-refractivity contribution in [3.8, 4) is 0 Å². The molecule has 25 heavy (non-hydrogen) atoms. The number of likely N-dealkylation sites (tertiary alicyclic amines) is 1. The fraction of sp³-hybridized carbons (Fsp3) is 0.714. The van der Waals surface area contributed by atoms with E-state index in [4.69, 9.17) is 0 Å². The highest BCUT2D eigenvalue weighted by atomic mass is 16.3. The number of nitrogens with zero attached hydrogens (tertiary/aromatic N) is 2. The SMILES string of the molecule is O=C1[C@H]2Cc3cnccc3C[C@H]2CN1[C@H]1[C@@H]2CC3C[C@H]1C[C@](O)(C3)C2. The number of carbonyl (C=O) groups is 1. The maximum atomic E-state index is 13.3. The van der Waals surface area contributed by atoms with Crippen LogP contribution in [0.25, 0.3) is 0 Å². The fourth-order valence-electron chi connectivity index (χ4n) is 7.44. The van der Waals surface area contributed by atoms with E-state index in [1.165, 1.54) is 24.0 Å². The van der Waals surface area contributed by atoms with E-state index in [2.05, 4.69) is 16.0 Å². The van der Waals surface area contributed by atoms with Crippen molar-refractivity contribution in [3.05, 3.63) is 29.6 Å². The quantitative estimate of drug-likeness (QED) is 0.854. The van der Waals surface area contributed by atoms with Crippen LogP contribution in [0.15, 0.2) is 18.5 Å². The third-order valence-electron chi connectivity index (χ3n) is 8.08. The smallest absolute Gasteiger partial charge is 0.226 e. The topological polar surface area (TPSA) is 53.4 Å². The summed E-state index contributed by atoms with van der Waals surface area (Å²) in [5, 5.41) is 10.8. The number of hydrogen-bond acceptors (Lipinski definition) is 3. The van der Waals surface area contributed by atoms with Gasteiger partial charge in [-0.3, -0.25) is 9.78 Å². The molecule has 0 radical (unpaired) electrons. The van der Waals surface area contributed by atoms with E-state index in [1.54, 1.807) is 0 Å². The molecule has 0 spiro atoms. The lowest BCUT2D eigenvalue weighted by molar-refractivity contribution is -0.168. The molecule has 1 aliphatic heterocycles. The number of rotatable bonds is 1. The van der Waals surface area contributed by atoms with E-state index in [0.29, 0.717) is 35.6 Å². The van der Waals surface area contributed by atoms with Crippen molar-refractivity contribution in [2.75, 3.05) is 6.54 Å². The van der Waals surface area contributed by atoms with Gasteiger partial charge in [0, 0.05) is 30.9 Å². The lowest BCUT2D eigenvalue weighted by Gasteiger charge is -2.59. The van der Waals surface area contributed by atoms with Crippen molar-refractivity contribution in [1.29, 1.82) is 0 Å². The Kier molecular flexibility index (Phi) is 2.85. The number of aromatic nitrogens is 1. The predicted octanol–water partition coefficient (Wildman–Crippen LogP) is 2.19. The second kappa shape index (κ2) is 4.85. The van der Waals surface area contributed by atoms with Gasteiger partial charge in [-0.05, 0) is 85.8 Å². The Labute approximate surface area is 148 Å². The first-order valence-corrected chi connectivity index (χ1v) is 10.0. The molecule has 1 amide bonds. The van der Waals surface area contributed by atoms with Gasteiger partial charge in [0.1, 0.15) is 0 Å². The number of hydrogen-bond donors (Lipinski definition) is 1. The molecule has 7 atom stereocenters. The molecule has 1 aromatic rings. The summed E-state index contributed by atoms with van der Waals surface area (Å²) in [7, 11) is 0. The molecule has 1 saturated heterocycles. The van der Waals surface area contributed by atoms with Gasteiger partial charge in [-0.1, -0.05) is 0 Å². The first kappa shape index (κ1) is 14.7. The van der Waals surface area contributed by atoms with E-state index < -0.39 is 5.60 Å². The van der Waals surface area contributed by atoms with Crippen LogP contribution in [0.2, 0.25) is 0 Å². The molecular weight excluding hydrogens is 312 g/mol. The largest absolute Gasteiger partial charge is 0.390 e. The van der Waals surface area contributed by atoms with Crippen LogP contribution < -0.4 is 0 Å². The lowest BCUT2D eigenvalue weighted by Crippen LogP contribution is -2.62. The summed E-state index contributed by atoms with van der Waals surface area (Å²) in [6.45, 7) is 0.937. The van der Waals surface area contributed by atoms with Crippen molar-refractivity contribution in [2.24, 2.45) is 29.6 Å². The van der Waals surface area contributed by atoms with Crippen molar-refractivity contribution in [3.63, 3.8) is 0 Å². The van der Waals surface area contributed by atoms with Crippen molar-refractivity contribution >= 4 is 5.91 Å². The summed E-state index contributed by atoms with van der Waals surface area (Å²) < 4.78 is 0. The summed E-state index contributed by atoms with van der Waals surface area (Å²) in [6, 6.07) is 2.54. The molecule has 0 aromatic carbocycles. The van der Waals surface area contributed by atoms with E-state index in [0.717, 1.165) is 38.6 Å². The van der Waals surface area contributed by atoms with Gasteiger partial charge in [0.05, 0.1) is 5.60 Å². The zero-order valence-electron chi connectivity index (χ0n) is 14.6. The minimum atomic E-state index is -0.412. The van der Waals surface area contributed by atoms with Crippen molar-refractivity contribution < 1.29 is 9.90 Å². The van der Waals surface area contributed by atoms with Gasteiger partial charge in [0.25, 0.3) is 0 Å². The number of aliphatic hydroxyl groups is 1. The van der Waals surface area contributed by atoms with E-state index in [1.807, 2.05) is 12.4 Å². The Bertz CT molecular complexity index is 731. The number of amides is 1. The zero-order valence-corrected chi connectivity index (χ0v) is 14.6. The maximum absolute atomic E-state index is 13.3. The summed E-state index contributed by atoms with van der Waals surface area (Å²) in [5.74, 6) is 2.80. The molecular formula is C21H26N2O2. The third kappa shape index (κ3) is 2.03. The highest BCUT2D eigenvalue weighted by molar-refractivity contribution is 5.82. The maximum Gasteiger partial charge on any atom is 0.226 e. The normalized spacial score (nSPS) is 47.1. The van der Waals surface area contributed by atoms with Crippen LogP contribution in [0, 0.1) is 29.6 Å². The Hall–Kier alpha value is -1.42. The summed E-state index contributed by atoms with van der Waals surface area (Å²) >= 11 is 0. The van der Waals surface area contributed by atoms with Crippen LogP contribution in [-0.2, 0) is 17.6 Å². The van der Waals surface area contributed by atoms with E-state index in [9.17, 15) is 9.90 Å². The van der Waals surface area contributed by atoms with Crippen molar-refractivity contribution in [1.82, 2.24) is 9.88 Å². The highest BCUT2D eigenvalue weighted by Gasteiger charge is 2.58. The Balaban J connectivity index is 1.29. The number of pyridine rings is 1.